The van der Waals surface area contributed by atoms with Crippen LogP contribution in [0.25, 0.3) is 0 Å². The molecule has 0 aliphatic heterocycles. The summed E-state index contributed by atoms with van der Waals surface area (Å²) in [6, 6.07) is 13.9. The van der Waals surface area contributed by atoms with Gasteiger partial charge in [0.2, 0.25) is 0 Å². The standard InChI is InChI=1S/C15H17NO/c1-3-12-7-5-8-13(10-12)17-15-11(2)6-4-9-14(15)16/h4-10H,3,16H2,1-2H3. The molecule has 17 heavy (non-hydrogen) atoms. The summed E-state index contributed by atoms with van der Waals surface area (Å²) in [6.07, 6.45) is 1.00. The minimum absolute atomic E-state index is 0.673. The molecule has 0 saturated carbocycles. The lowest BCUT2D eigenvalue weighted by molar-refractivity contribution is 0.480. The molecule has 0 saturated heterocycles. The molecule has 0 fully saturated rings. The Hall–Kier alpha value is -1.96. The first-order chi connectivity index (χ1) is 8.20. The monoisotopic (exact) mass is 227 g/mol. The van der Waals surface area contributed by atoms with Gasteiger partial charge in [0.15, 0.2) is 5.75 Å². The van der Waals surface area contributed by atoms with Crippen LogP contribution in [0.1, 0.15) is 18.1 Å². The van der Waals surface area contributed by atoms with Gasteiger partial charge in [-0.2, -0.15) is 0 Å². The van der Waals surface area contributed by atoms with E-state index in [0.717, 1.165) is 23.5 Å². The average molecular weight is 227 g/mol. The first kappa shape index (κ1) is 11.5. The lowest BCUT2D eigenvalue weighted by Gasteiger charge is -2.11. The third-order valence-corrected chi connectivity index (χ3v) is 2.77. The summed E-state index contributed by atoms with van der Waals surface area (Å²) in [7, 11) is 0. The molecule has 0 bridgehead atoms. The van der Waals surface area contributed by atoms with Gasteiger partial charge in [0.1, 0.15) is 5.75 Å². The SMILES string of the molecule is CCc1cccc(Oc2c(C)cccc2N)c1. The Kier molecular flexibility index (Phi) is 3.33. The first-order valence-corrected chi connectivity index (χ1v) is 5.82. The highest BCUT2D eigenvalue weighted by molar-refractivity contribution is 5.57. The number of rotatable bonds is 3. The molecule has 0 radical (unpaired) electrons. The molecule has 2 N–H and O–H groups in total. The van der Waals surface area contributed by atoms with E-state index in [4.69, 9.17) is 10.5 Å². The summed E-state index contributed by atoms with van der Waals surface area (Å²) in [5.74, 6) is 1.59. The maximum absolute atomic E-state index is 5.91. The number of aryl methyl sites for hydroxylation is 2. The normalized spacial score (nSPS) is 10.2. The van der Waals surface area contributed by atoms with Crippen LogP contribution in [0.3, 0.4) is 0 Å². The minimum Gasteiger partial charge on any atom is -0.455 e. The van der Waals surface area contributed by atoms with Crippen LogP contribution < -0.4 is 10.5 Å². The summed E-state index contributed by atoms with van der Waals surface area (Å²) in [6.45, 7) is 4.12. The lowest BCUT2D eigenvalue weighted by Crippen LogP contribution is -1.94. The van der Waals surface area contributed by atoms with Crippen molar-refractivity contribution in [2.75, 3.05) is 5.73 Å². The van der Waals surface area contributed by atoms with Crippen molar-refractivity contribution in [3.63, 3.8) is 0 Å². The van der Waals surface area contributed by atoms with Gasteiger partial charge >= 0.3 is 0 Å². The molecular formula is C15H17NO. The van der Waals surface area contributed by atoms with E-state index in [-0.39, 0.29) is 0 Å². The predicted octanol–water partition coefficient (Wildman–Crippen LogP) is 3.93. The highest BCUT2D eigenvalue weighted by atomic mass is 16.5. The zero-order valence-electron chi connectivity index (χ0n) is 10.2. The van der Waals surface area contributed by atoms with Gasteiger partial charge in [-0.1, -0.05) is 31.2 Å². The number of para-hydroxylation sites is 1. The summed E-state index contributed by atoms with van der Waals surface area (Å²) in [5.41, 5.74) is 8.89. The maximum atomic E-state index is 5.91. The molecule has 2 heteroatoms. The zero-order valence-corrected chi connectivity index (χ0v) is 10.2. The van der Waals surface area contributed by atoms with Gasteiger partial charge < -0.3 is 10.5 Å². The van der Waals surface area contributed by atoms with Gasteiger partial charge in [0.25, 0.3) is 0 Å². The Morgan fingerprint density at radius 3 is 2.59 bits per heavy atom. The van der Waals surface area contributed by atoms with Crippen molar-refractivity contribution < 1.29 is 4.74 Å². The van der Waals surface area contributed by atoms with Gasteiger partial charge in [0, 0.05) is 0 Å². The average Bonchev–Trinajstić information content (AvgIpc) is 2.34. The van der Waals surface area contributed by atoms with Crippen LogP contribution in [0.4, 0.5) is 5.69 Å². The molecule has 2 aromatic rings. The van der Waals surface area contributed by atoms with Crippen molar-refractivity contribution in [2.45, 2.75) is 20.3 Å². The molecule has 0 unspecified atom stereocenters. The van der Waals surface area contributed by atoms with Crippen molar-refractivity contribution in [1.29, 1.82) is 0 Å². The molecule has 88 valence electrons. The summed E-state index contributed by atoms with van der Waals surface area (Å²) in [4.78, 5) is 0. The van der Waals surface area contributed by atoms with E-state index >= 15 is 0 Å². The Labute approximate surface area is 102 Å². The number of benzene rings is 2. The van der Waals surface area contributed by atoms with Crippen molar-refractivity contribution in [3.8, 4) is 11.5 Å². The number of nitrogens with two attached hydrogens (primary N) is 1. The Balaban J connectivity index is 2.31. The lowest BCUT2D eigenvalue weighted by atomic mass is 10.1. The van der Waals surface area contributed by atoms with Crippen molar-refractivity contribution in [1.82, 2.24) is 0 Å². The van der Waals surface area contributed by atoms with Gasteiger partial charge in [-0.25, -0.2) is 0 Å². The Morgan fingerprint density at radius 1 is 1.12 bits per heavy atom. The summed E-state index contributed by atoms with van der Waals surface area (Å²) < 4.78 is 5.86. The molecule has 2 aromatic carbocycles. The quantitative estimate of drug-likeness (QED) is 0.806. The fourth-order valence-electron chi connectivity index (χ4n) is 1.76. The zero-order chi connectivity index (χ0) is 12.3. The van der Waals surface area contributed by atoms with Crippen LogP contribution in [-0.4, -0.2) is 0 Å². The molecule has 0 spiro atoms. The minimum atomic E-state index is 0.673. The third kappa shape index (κ3) is 2.59. The van der Waals surface area contributed by atoms with Crippen LogP contribution in [0.2, 0.25) is 0 Å². The first-order valence-electron chi connectivity index (χ1n) is 5.82. The topological polar surface area (TPSA) is 35.2 Å². The van der Waals surface area contributed by atoms with E-state index in [0.29, 0.717) is 5.69 Å². The summed E-state index contributed by atoms with van der Waals surface area (Å²) in [5, 5.41) is 0. The van der Waals surface area contributed by atoms with Crippen molar-refractivity contribution >= 4 is 5.69 Å². The van der Waals surface area contributed by atoms with Crippen molar-refractivity contribution in [3.05, 3.63) is 53.6 Å². The van der Waals surface area contributed by atoms with Gasteiger partial charge in [-0.15, -0.1) is 0 Å². The second-order valence-electron chi connectivity index (χ2n) is 4.10. The maximum Gasteiger partial charge on any atom is 0.153 e. The number of nitrogen functional groups attached to an aromatic ring is 1. The molecule has 0 aliphatic rings. The Bertz CT molecular complexity index is 500. The number of hydrogen-bond donors (Lipinski definition) is 1. The Morgan fingerprint density at radius 2 is 1.88 bits per heavy atom. The highest BCUT2D eigenvalue weighted by Gasteiger charge is 2.05. The smallest absolute Gasteiger partial charge is 0.153 e. The molecule has 0 heterocycles. The van der Waals surface area contributed by atoms with E-state index in [9.17, 15) is 0 Å². The van der Waals surface area contributed by atoms with Gasteiger partial charge in [-0.05, 0) is 42.7 Å². The van der Waals surface area contributed by atoms with E-state index in [1.807, 2.05) is 43.3 Å². The fourth-order valence-corrected chi connectivity index (χ4v) is 1.76. The second kappa shape index (κ2) is 4.91. The van der Waals surface area contributed by atoms with E-state index < -0.39 is 0 Å². The fraction of sp³-hybridized carbons (Fsp3) is 0.200. The predicted molar refractivity (Wildman–Crippen MR) is 71.5 cm³/mol. The van der Waals surface area contributed by atoms with Crippen LogP contribution >= 0.6 is 0 Å². The van der Waals surface area contributed by atoms with Crippen molar-refractivity contribution in [2.24, 2.45) is 0 Å². The van der Waals surface area contributed by atoms with E-state index in [1.165, 1.54) is 5.56 Å². The van der Waals surface area contributed by atoms with E-state index in [2.05, 4.69) is 13.0 Å². The highest BCUT2D eigenvalue weighted by Crippen LogP contribution is 2.31. The van der Waals surface area contributed by atoms with Gasteiger partial charge in [-0.3, -0.25) is 0 Å². The largest absolute Gasteiger partial charge is 0.455 e. The third-order valence-electron chi connectivity index (χ3n) is 2.77. The molecule has 0 amide bonds. The molecule has 0 atom stereocenters. The molecule has 0 aliphatic carbocycles. The van der Waals surface area contributed by atoms with Crippen LogP contribution in [0.15, 0.2) is 42.5 Å². The number of ether oxygens (including phenoxy) is 1. The van der Waals surface area contributed by atoms with Gasteiger partial charge in [0.05, 0.1) is 5.69 Å². The van der Waals surface area contributed by atoms with Crippen LogP contribution in [-0.2, 0) is 6.42 Å². The second-order valence-corrected chi connectivity index (χ2v) is 4.10. The molecular weight excluding hydrogens is 210 g/mol. The van der Waals surface area contributed by atoms with Crippen LogP contribution in [0.5, 0.6) is 11.5 Å². The molecule has 2 nitrogen and oxygen atoms in total. The molecule has 0 aromatic heterocycles. The van der Waals surface area contributed by atoms with E-state index in [1.54, 1.807) is 0 Å². The number of hydrogen-bond acceptors (Lipinski definition) is 2. The summed E-state index contributed by atoms with van der Waals surface area (Å²) >= 11 is 0. The number of anilines is 1. The molecule has 2 rings (SSSR count). The van der Waals surface area contributed by atoms with Crippen LogP contribution in [0, 0.1) is 6.92 Å².